The zero-order chi connectivity index (χ0) is 48.8. The Morgan fingerprint density at radius 1 is 0.338 bits per heavy atom. The molecule has 0 aliphatic rings. The van der Waals surface area contributed by atoms with Gasteiger partial charge in [-0.05, 0) is 142 Å². The monoisotopic (exact) mass is 994 g/mol. The second kappa shape index (κ2) is 17.9. The fourth-order valence-electron chi connectivity index (χ4n) is 7.18. The highest BCUT2D eigenvalue weighted by atomic mass is 32.2. The molecular formula is C46H38N6O12S4. The summed E-state index contributed by atoms with van der Waals surface area (Å²) >= 11 is 0. The molecule has 8 rings (SSSR count). The van der Waals surface area contributed by atoms with Crippen LogP contribution in [0.5, 0.6) is 0 Å². The topological polar surface area (TPSA) is 318 Å². The van der Waals surface area contributed by atoms with E-state index >= 15 is 0 Å². The summed E-state index contributed by atoms with van der Waals surface area (Å²) in [4.78, 5) is -1.52. The number of rotatable bonds is 14. The van der Waals surface area contributed by atoms with Gasteiger partial charge in [-0.3, -0.25) is 18.2 Å². The largest absolute Gasteiger partial charge is 0.397 e. The predicted molar refractivity (Wildman–Crippen MR) is 264 cm³/mol. The Morgan fingerprint density at radius 3 is 1.01 bits per heavy atom. The molecule has 348 valence electrons. The van der Waals surface area contributed by atoms with E-state index in [0.29, 0.717) is 67.0 Å². The van der Waals surface area contributed by atoms with Crippen molar-refractivity contribution in [3.63, 3.8) is 0 Å². The number of nitrogens with one attached hydrogen (secondary N) is 4. The van der Waals surface area contributed by atoms with Gasteiger partial charge < -0.3 is 32.7 Å². The maximum absolute atomic E-state index is 12.7. The fraction of sp³-hybridized carbons (Fsp3) is 0. The van der Waals surface area contributed by atoms with Crippen LogP contribution in [0.2, 0.25) is 0 Å². The molecule has 18 nitrogen and oxygen atoms in total. The van der Waals surface area contributed by atoms with Gasteiger partial charge in [0.1, 0.15) is 9.79 Å². The first-order valence-electron chi connectivity index (χ1n) is 19.8. The summed E-state index contributed by atoms with van der Waals surface area (Å²) in [6.45, 7) is 0. The van der Waals surface area contributed by atoms with E-state index in [2.05, 4.69) is 21.3 Å². The third-order valence-electron chi connectivity index (χ3n) is 10.5. The van der Waals surface area contributed by atoms with Crippen LogP contribution in [0.3, 0.4) is 0 Å². The average Bonchev–Trinajstić information content (AvgIpc) is 3.26. The van der Waals surface area contributed by atoms with E-state index in [9.17, 15) is 51.9 Å². The van der Waals surface area contributed by atoms with Gasteiger partial charge in [0, 0.05) is 34.1 Å². The summed E-state index contributed by atoms with van der Waals surface area (Å²) in [6, 6.07) is 36.5. The van der Waals surface area contributed by atoms with Crippen LogP contribution in [0.25, 0.3) is 33.7 Å². The second-order valence-corrected chi connectivity index (χ2v) is 20.9. The molecule has 0 aliphatic carbocycles. The summed E-state index contributed by atoms with van der Waals surface area (Å²) in [6.07, 6.45) is 2.53. The lowest BCUT2D eigenvalue weighted by molar-refractivity contribution is 0.480. The molecule has 0 spiro atoms. The summed E-state index contributed by atoms with van der Waals surface area (Å²) in [7, 11) is -18.5. The maximum atomic E-state index is 12.7. The molecule has 8 aromatic rings. The number of anilines is 10. The number of hydrogen-bond donors (Lipinski definition) is 10. The lowest BCUT2D eigenvalue weighted by atomic mass is 10.1. The quantitative estimate of drug-likeness (QED) is 0.0275. The average molecular weight is 995 g/mol. The van der Waals surface area contributed by atoms with Crippen LogP contribution in [-0.4, -0.2) is 51.9 Å². The van der Waals surface area contributed by atoms with Crippen molar-refractivity contribution in [3.05, 3.63) is 157 Å². The molecule has 0 saturated heterocycles. The summed E-state index contributed by atoms with van der Waals surface area (Å²) < 4.78 is 136. The van der Waals surface area contributed by atoms with E-state index in [1.165, 1.54) is 72.8 Å². The molecule has 0 amide bonds. The Hall–Kier alpha value is -7.54. The van der Waals surface area contributed by atoms with Gasteiger partial charge in [0.15, 0.2) is 0 Å². The van der Waals surface area contributed by atoms with Crippen molar-refractivity contribution in [2.45, 2.75) is 19.6 Å². The summed E-state index contributed by atoms with van der Waals surface area (Å²) in [5.74, 6) is 0. The first-order valence-corrected chi connectivity index (χ1v) is 25.5. The molecule has 22 heteroatoms. The zero-order valence-corrected chi connectivity index (χ0v) is 38.1. The molecule has 0 atom stereocenters. The molecule has 68 heavy (non-hydrogen) atoms. The van der Waals surface area contributed by atoms with E-state index < -0.39 is 50.3 Å². The van der Waals surface area contributed by atoms with E-state index in [-0.39, 0.29) is 32.3 Å². The van der Waals surface area contributed by atoms with Crippen molar-refractivity contribution in [2.75, 3.05) is 32.7 Å². The second-order valence-electron chi connectivity index (χ2n) is 15.3. The van der Waals surface area contributed by atoms with Gasteiger partial charge in [-0.2, -0.15) is 33.7 Å². The summed E-state index contributed by atoms with van der Waals surface area (Å²) in [5.41, 5.74) is 16.7. The first-order chi connectivity index (χ1) is 32.0. The Labute approximate surface area is 390 Å². The predicted octanol–water partition coefficient (Wildman–Crippen LogP) is 9.29. The molecule has 0 bridgehead atoms. The molecular weight excluding hydrogens is 957 g/mol. The molecule has 0 fully saturated rings. The Kier molecular flexibility index (Phi) is 12.4. The Balaban J connectivity index is 0.997. The van der Waals surface area contributed by atoms with Crippen LogP contribution in [0.1, 0.15) is 11.1 Å². The van der Waals surface area contributed by atoms with Crippen LogP contribution >= 0.6 is 0 Å². The number of fused-ring (bicyclic) bond motifs is 2. The number of hydrogen-bond acceptors (Lipinski definition) is 14. The van der Waals surface area contributed by atoms with Gasteiger partial charge in [0.2, 0.25) is 0 Å². The normalized spacial score (nSPS) is 12.4. The van der Waals surface area contributed by atoms with Gasteiger partial charge in [-0.15, -0.1) is 0 Å². The van der Waals surface area contributed by atoms with Gasteiger partial charge >= 0.3 is 0 Å². The highest BCUT2D eigenvalue weighted by molar-refractivity contribution is 7.86. The third kappa shape index (κ3) is 10.8. The van der Waals surface area contributed by atoms with E-state index in [1.807, 2.05) is 0 Å². The van der Waals surface area contributed by atoms with Crippen LogP contribution in [-0.2, 0) is 40.5 Å². The van der Waals surface area contributed by atoms with Crippen molar-refractivity contribution in [3.8, 4) is 0 Å². The summed E-state index contributed by atoms with van der Waals surface area (Å²) in [5, 5.41) is 15.0. The van der Waals surface area contributed by atoms with Gasteiger partial charge in [-0.25, -0.2) is 0 Å². The van der Waals surface area contributed by atoms with Crippen LogP contribution in [0.15, 0.2) is 165 Å². The molecule has 12 N–H and O–H groups in total. The van der Waals surface area contributed by atoms with E-state index in [0.717, 1.165) is 0 Å². The van der Waals surface area contributed by atoms with Crippen LogP contribution in [0.4, 0.5) is 56.9 Å². The van der Waals surface area contributed by atoms with Gasteiger partial charge in [0.25, 0.3) is 40.5 Å². The molecule has 8 aromatic carbocycles. The molecule has 0 heterocycles. The van der Waals surface area contributed by atoms with Crippen molar-refractivity contribution < 1.29 is 51.9 Å². The van der Waals surface area contributed by atoms with Crippen molar-refractivity contribution in [2.24, 2.45) is 0 Å². The van der Waals surface area contributed by atoms with Gasteiger partial charge in [0.05, 0.1) is 32.5 Å². The number of benzene rings is 8. The number of nitrogen functional groups attached to an aromatic ring is 2. The lowest BCUT2D eigenvalue weighted by Crippen LogP contribution is -2.04. The van der Waals surface area contributed by atoms with E-state index in [1.54, 1.807) is 84.9 Å². The highest BCUT2D eigenvalue weighted by Crippen LogP contribution is 2.34. The van der Waals surface area contributed by atoms with E-state index in [4.69, 9.17) is 11.5 Å². The zero-order valence-electron chi connectivity index (χ0n) is 34.9. The Morgan fingerprint density at radius 2 is 0.647 bits per heavy atom. The SMILES string of the molecule is Nc1ccc(Nc2ccc(C=Cc3ccc(Nc4ccc(N)c(Nc5ccc6cc(S(=O)(=O)O)ccc6c5)c4)cc3S(=O)(=O)O)c(S(=O)(=O)O)c2)cc1Nc1ccc2cc(S(=O)(=O)O)ccc2c1. The molecule has 0 unspecified atom stereocenters. The maximum Gasteiger partial charge on any atom is 0.295 e. The van der Waals surface area contributed by atoms with Crippen LogP contribution in [0, 0.1) is 0 Å². The fourth-order valence-corrected chi connectivity index (χ4v) is 9.63. The minimum Gasteiger partial charge on any atom is -0.397 e. The highest BCUT2D eigenvalue weighted by Gasteiger charge is 2.19. The minimum absolute atomic E-state index is 0.0163. The molecule has 0 aromatic heterocycles. The molecule has 0 aliphatic heterocycles. The smallest absolute Gasteiger partial charge is 0.295 e. The standard InChI is InChI=1S/C46H38N6O12S4/c47-41-17-13-35(23-43(41)51-33-11-5-31-21-39(65(53,54)55)15-7-29(31)19-33)49-37-9-3-27(45(25-37)67(59,60)61)1-2-28-4-10-38(26-46(28)68(62,63)64)50-36-14-18-42(48)44(24-36)52-34-12-6-32-22-40(66(56,57)58)16-8-30(32)20-34/h1-26,49-52H,47-48H2,(H,53,54,55)(H,56,57,58)(H,59,60,61)(H,62,63,64). The lowest BCUT2D eigenvalue weighted by Gasteiger charge is -2.15. The van der Waals surface area contributed by atoms with Gasteiger partial charge in [-0.1, -0.05) is 48.6 Å². The first kappa shape index (κ1) is 47.0. The Bertz CT molecular complexity index is 3600. The minimum atomic E-state index is -4.85. The molecule has 0 saturated carbocycles. The molecule has 0 radical (unpaired) electrons. The van der Waals surface area contributed by atoms with Crippen molar-refractivity contribution >= 4 is 131 Å². The van der Waals surface area contributed by atoms with Crippen molar-refractivity contribution in [1.82, 2.24) is 0 Å². The van der Waals surface area contributed by atoms with Crippen LogP contribution < -0.4 is 32.7 Å². The van der Waals surface area contributed by atoms with Crippen molar-refractivity contribution in [1.29, 1.82) is 0 Å². The third-order valence-corrected chi connectivity index (χ3v) is 14.0. The number of nitrogens with two attached hydrogens (primary N) is 2.